The zero-order chi connectivity index (χ0) is 36.8. The van der Waals surface area contributed by atoms with E-state index in [1.54, 1.807) is 55.7 Å². The van der Waals surface area contributed by atoms with Gasteiger partial charge < -0.3 is 28.8 Å². The maximum Gasteiger partial charge on any atom is 0.410 e. The Bertz CT molecular complexity index is 2050. The predicted molar refractivity (Wildman–Crippen MR) is 190 cm³/mol. The first kappa shape index (κ1) is 37.3. The number of hydrogen-bond acceptors (Lipinski definition) is 10. The highest BCUT2D eigenvalue weighted by Gasteiger charge is 2.48. The van der Waals surface area contributed by atoms with E-state index in [1.807, 2.05) is 13.0 Å². The Balaban J connectivity index is 1.12. The van der Waals surface area contributed by atoms with Crippen LogP contribution >= 0.6 is 0 Å². The van der Waals surface area contributed by atoms with Crippen LogP contribution in [0.2, 0.25) is 0 Å². The van der Waals surface area contributed by atoms with Gasteiger partial charge >= 0.3 is 6.09 Å². The fourth-order valence-corrected chi connectivity index (χ4v) is 10.1. The summed E-state index contributed by atoms with van der Waals surface area (Å²) < 4.78 is 73.9. The van der Waals surface area contributed by atoms with E-state index in [1.165, 1.54) is 27.5 Å². The minimum absolute atomic E-state index is 0.131. The first-order chi connectivity index (χ1) is 24.0. The van der Waals surface area contributed by atoms with E-state index >= 15 is 0 Å². The van der Waals surface area contributed by atoms with Gasteiger partial charge in [-0.2, -0.15) is 4.31 Å². The number of aryl methyl sites for hydroxylation is 1. The zero-order valence-corrected chi connectivity index (χ0v) is 31.1. The number of aromatic nitrogens is 1. The summed E-state index contributed by atoms with van der Waals surface area (Å²) in [7, 11) is -7.52. The topological polar surface area (TPSA) is 162 Å². The molecule has 1 saturated carbocycles. The first-order valence-corrected chi connectivity index (χ1v) is 20.4. The normalized spacial score (nSPS) is 20.4. The first-order valence-electron chi connectivity index (χ1n) is 17.4. The molecule has 0 bridgehead atoms. The Kier molecular flexibility index (Phi) is 10.3. The van der Waals surface area contributed by atoms with Gasteiger partial charge in [0, 0.05) is 31.2 Å². The van der Waals surface area contributed by atoms with E-state index in [0.717, 1.165) is 0 Å². The van der Waals surface area contributed by atoms with E-state index in [9.17, 15) is 31.5 Å². The molecule has 15 heteroatoms. The molecule has 3 fully saturated rings. The lowest BCUT2D eigenvalue weighted by Crippen LogP contribution is -2.50. The molecule has 1 N–H and O–H groups in total. The van der Waals surface area contributed by atoms with Gasteiger partial charge in [0.1, 0.15) is 29.0 Å². The molecule has 2 aliphatic heterocycles. The molecule has 6 rings (SSSR count). The number of nitrogens with zero attached hydrogens (tertiary/aromatic N) is 3. The van der Waals surface area contributed by atoms with Crippen molar-refractivity contribution in [1.29, 1.82) is 0 Å². The van der Waals surface area contributed by atoms with E-state index in [4.69, 9.17) is 14.2 Å². The SMILES string of the molecule is CCn1cc(S(=O)(=O)N2CCC3(CC2)C[C@@H](N(C[C@H](O)COc2cccc(S(=O)(=O)C4CC4)c2)C(=O)OC(C)(C)C)CO3)c(=O)c2ccccc21. The number of carbonyl (C=O) groups is 1. The molecular formula is C36H47N3O10S2. The van der Waals surface area contributed by atoms with Crippen molar-refractivity contribution in [2.75, 3.05) is 32.8 Å². The molecule has 2 saturated heterocycles. The Morgan fingerprint density at radius 2 is 1.78 bits per heavy atom. The molecule has 51 heavy (non-hydrogen) atoms. The molecule has 2 aromatic carbocycles. The minimum Gasteiger partial charge on any atom is -0.491 e. The number of aliphatic hydroxyl groups is 1. The van der Waals surface area contributed by atoms with Crippen LogP contribution < -0.4 is 10.2 Å². The number of hydrogen-bond donors (Lipinski definition) is 1. The van der Waals surface area contributed by atoms with Crippen LogP contribution in [-0.2, 0) is 35.9 Å². The summed E-state index contributed by atoms with van der Waals surface area (Å²) in [4.78, 5) is 28.2. The van der Waals surface area contributed by atoms with Crippen molar-refractivity contribution in [3.8, 4) is 5.75 Å². The second-order valence-corrected chi connectivity index (χ2v) is 18.8. The summed E-state index contributed by atoms with van der Waals surface area (Å²) in [5.41, 5.74) is -1.37. The van der Waals surface area contributed by atoms with Crippen LogP contribution in [0.15, 0.2) is 69.3 Å². The fourth-order valence-electron chi connectivity index (χ4n) is 6.88. The largest absolute Gasteiger partial charge is 0.491 e. The number of sulfonamides is 1. The van der Waals surface area contributed by atoms with Crippen molar-refractivity contribution in [2.45, 2.75) is 105 Å². The van der Waals surface area contributed by atoms with Crippen LogP contribution in [-0.4, -0.2) is 103 Å². The number of amides is 1. The fraction of sp³-hybridized carbons (Fsp3) is 0.556. The molecule has 1 spiro atoms. The van der Waals surface area contributed by atoms with Gasteiger partial charge in [-0.15, -0.1) is 0 Å². The van der Waals surface area contributed by atoms with Gasteiger partial charge in [-0.3, -0.25) is 4.79 Å². The third kappa shape index (κ3) is 7.97. The number of para-hydroxylation sites is 1. The quantitative estimate of drug-likeness (QED) is 0.304. The summed E-state index contributed by atoms with van der Waals surface area (Å²) >= 11 is 0. The van der Waals surface area contributed by atoms with Crippen LogP contribution in [0.3, 0.4) is 0 Å². The summed E-state index contributed by atoms with van der Waals surface area (Å²) in [6.45, 7) is 7.72. The van der Waals surface area contributed by atoms with Gasteiger partial charge in [-0.1, -0.05) is 18.2 Å². The highest BCUT2D eigenvalue weighted by atomic mass is 32.2. The number of ether oxygens (including phenoxy) is 3. The van der Waals surface area contributed by atoms with Gasteiger partial charge in [-0.25, -0.2) is 21.6 Å². The number of sulfone groups is 1. The molecule has 0 radical (unpaired) electrons. The van der Waals surface area contributed by atoms with E-state index < -0.39 is 54.7 Å². The number of carbonyl (C=O) groups excluding carboxylic acids is 1. The van der Waals surface area contributed by atoms with E-state index in [-0.39, 0.29) is 47.9 Å². The summed E-state index contributed by atoms with van der Waals surface area (Å²) in [5, 5.41) is 11.0. The lowest BCUT2D eigenvalue weighted by molar-refractivity contribution is -0.0329. The lowest BCUT2D eigenvalue weighted by atomic mass is 9.88. The number of piperidine rings is 1. The van der Waals surface area contributed by atoms with Gasteiger partial charge in [0.25, 0.3) is 0 Å². The Morgan fingerprint density at radius 1 is 1.08 bits per heavy atom. The molecule has 278 valence electrons. The van der Waals surface area contributed by atoms with Crippen molar-refractivity contribution in [2.24, 2.45) is 0 Å². The van der Waals surface area contributed by atoms with Gasteiger partial charge in [0.05, 0.1) is 40.5 Å². The smallest absolute Gasteiger partial charge is 0.410 e. The average molecular weight is 746 g/mol. The van der Waals surface area contributed by atoms with Crippen LogP contribution in [0.25, 0.3) is 10.9 Å². The van der Waals surface area contributed by atoms with Crippen molar-refractivity contribution in [3.05, 3.63) is 65.0 Å². The molecule has 2 atom stereocenters. The maximum atomic E-state index is 13.8. The molecular weight excluding hydrogens is 699 g/mol. The summed E-state index contributed by atoms with van der Waals surface area (Å²) in [5.74, 6) is 0.293. The number of benzene rings is 2. The third-order valence-corrected chi connectivity index (χ3v) is 13.9. The van der Waals surface area contributed by atoms with Crippen LogP contribution in [0.5, 0.6) is 5.75 Å². The number of aliphatic hydroxyl groups excluding tert-OH is 1. The number of rotatable bonds is 11. The molecule has 13 nitrogen and oxygen atoms in total. The zero-order valence-electron chi connectivity index (χ0n) is 29.5. The Morgan fingerprint density at radius 3 is 2.45 bits per heavy atom. The maximum absolute atomic E-state index is 13.8. The summed E-state index contributed by atoms with van der Waals surface area (Å²) in [6, 6.07) is 12.7. The van der Waals surface area contributed by atoms with Gasteiger partial charge in [0.2, 0.25) is 15.5 Å². The van der Waals surface area contributed by atoms with Crippen LogP contribution in [0.1, 0.15) is 59.8 Å². The minimum atomic E-state index is -4.10. The van der Waals surface area contributed by atoms with Crippen molar-refractivity contribution >= 4 is 36.9 Å². The molecule has 1 amide bonds. The molecule has 1 aromatic heterocycles. The Hall–Kier alpha value is -3.50. The van der Waals surface area contributed by atoms with Gasteiger partial charge in [0.15, 0.2) is 9.84 Å². The van der Waals surface area contributed by atoms with Crippen LogP contribution in [0.4, 0.5) is 4.79 Å². The van der Waals surface area contributed by atoms with Crippen LogP contribution in [0, 0.1) is 0 Å². The van der Waals surface area contributed by atoms with Crippen molar-refractivity contribution in [1.82, 2.24) is 13.8 Å². The van der Waals surface area contributed by atoms with E-state index in [2.05, 4.69) is 0 Å². The summed E-state index contributed by atoms with van der Waals surface area (Å²) in [6.07, 6.45) is 2.04. The van der Waals surface area contributed by atoms with Gasteiger partial charge in [-0.05, 0) is 90.1 Å². The lowest BCUT2D eigenvalue weighted by Gasteiger charge is -2.38. The number of fused-ring (bicyclic) bond motifs is 1. The standard InChI is InChI=1S/C36H47N3O10S2/c1-5-37-22-32(33(41)30-11-6-7-12-31(30)37)51(45,46)38-17-15-36(16-18-38)20-25(23-48-36)39(34(42)49-35(2,3)4)21-26(40)24-47-27-9-8-10-29(19-27)50(43,44)28-13-14-28/h6-12,19,22,25-26,28,40H,5,13-18,20-21,23-24H2,1-4H3/t25-,26+/m1/s1. The predicted octanol–water partition coefficient (Wildman–Crippen LogP) is 3.95. The molecule has 3 aliphatic rings. The average Bonchev–Trinajstić information content (AvgIpc) is 3.88. The van der Waals surface area contributed by atoms with E-state index in [0.29, 0.717) is 55.3 Å². The number of pyridine rings is 1. The second kappa shape index (κ2) is 14.1. The second-order valence-electron chi connectivity index (χ2n) is 14.7. The highest BCUT2D eigenvalue weighted by molar-refractivity contribution is 7.92. The monoisotopic (exact) mass is 745 g/mol. The molecule has 1 aliphatic carbocycles. The van der Waals surface area contributed by atoms with Crippen molar-refractivity contribution in [3.63, 3.8) is 0 Å². The molecule has 3 aromatic rings. The Labute approximate surface area is 299 Å². The highest BCUT2D eigenvalue weighted by Crippen LogP contribution is 2.39. The molecule has 3 heterocycles. The third-order valence-electron chi connectivity index (χ3n) is 9.75. The molecule has 0 unspecified atom stereocenters. The van der Waals surface area contributed by atoms with Crippen molar-refractivity contribution < 1.29 is 40.9 Å².